The number of ether oxygens (including phenoxy) is 1. The lowest BCUT2D eigenvalue weighted by Crippen LogP contribution is -2.44. The minimum atomic E-state index is -0.327. The first-order valence-corrected chi connectivity index (χ1v) is 9.44. The number of hydrogen-bond acceptors (Lipinski definition) is 4. The SMILES string of the molecule is O=C1OCCN1N[C@@H](CN(c1ccccc1)c1ccccc1)c1ccccc1. The third kappa shape index (κ3) is 4.15. The van der Waals surface area contributed by atoms with Crippen LogP contribution in [0.1, 0.15) is 11.6 Å². The van der Waals surface area contributed by atoms with Gasteiger partial charge >= 0.3 is 6.09 Å². The summed E-state index contributed by atoms with van der Waals surface area (Å²) in [6.07, 6.45) is -0.327. The molecule has 4 rings (SSSR count). The van der Waals surface area contributed by atoms with E-state index in [2.05, 4.69) is 46.7 Å². The molecule has 28 heavy (non-hydrogen) atoms. The molecule has 1 N–H and O–H groups in total. The molecule has 1 fully saturated rings. The molecule has 1 amide bonds. The zero-order valence-corrected chi connectivity index (χ0v) is 15.6. The number of hydrazine groups is 1. The molecule has 0 bridgehead atoms. The van der Waals surface area contributed by atoms with Crippen LogP contribution < -0.4 is 10.3 Å². The van der Waals surface area contributed by atoms with Gasteiger partial charge in [-0.15, -0.1) is 0 Å². The second-order valence-electron chi connectivity index (χ2n) is 6.64. The first kappa shape index (κ1) is 18.1. The van der Waals surface area contributed by atoms with E-state index in [0.717, 1.165) is 16.9 Å². The summed E-state index contributed by atoms with van der Waals surface area (Å²) in [5, 5.41) is 1.56. The van der Waals surface area contributed by atoms with Crippen LogP contribution in [0.2, 0.25) is 0 Å². The van der Waals surface area contributed by atoms with Crippen molar-refractivity contribution in [1.29, 1.82) is 0 Å². The fourth-order valence-corrected chi connectivity index (χ4v) is 3.36. The summed E-state index contributed by atoms with van der Waals surface area (Å²) >= 11 is 0. The van der Waals surface area contributed by atoms with E-state index in [1.807, 2.05) is 54.6 Å². The molecule has 3 aromatic rings. The Labute approximate surface area is 165 Å². The molecular weight excluding hydrogens is 350 g/mol. The maximum atomic E-state index is 12.0. The van der Waals surface area contributed by atoms with Crippen molar-refractivity contribution < 1.29 is 9.53 Å². The molecule has 1 atom stereocenters. The van der Waals surface area contributed by atoms with Crippen LogP contribution in [-0.2, 0) is 4.74 Å². The summed E-state index contributed by atoms with van der Waals surface area (Å²) < 4.78 is 5.09. The summed E-state index contributed by atoms with van der Waals surface area (Å²) in [5.41, 5.74) is 6.67. The number of carbonyl (C=O) groups is 1. The molecule has 0 unspecified atom stereocenters. The number of nitrogens with zero attached hydrogens (tertiary/aromatic N) is 2. The van der Waals surface area contributed by atoms with Crippen molar-refractivity contribution in [3.63, 3.8) is 0 Å². The number of rotatable bonds is 7. The first-order valence-electron chi connectivity index (χ1n) is 9.44. The zero-order valence-electron chi connectivity index (χ0n) is 15.6. The van der Waals surface area contributed by atoms with Gasteiger partial charge in [0.15, 0.2) is 0 Å². The van der Waals surface area contributed by atoms with Crippen molar-refractivity contribution in [2.24, 2.45) is 0 Å². The minimum absolute atomic E-state index is 0.0905. The molecule has 0 saturated carbocycles. The van der Waals surface area contributed by atoms with Crippen molar-refractivity contribution in [3.8, 4) is 0 Å². The Hall–Kier alpha value is -3.31. The number of carbonyl (C=O) groups excluding carboxylic acids is 1. The molecule has 1 aliphatic heterocycles. The smallest absolute Gasteiger partial charge is 0.424 e. The average Bonchev–Trinajstić information content (AvgIpc) is 3.17. The third-order valence-corrected chi connectivity index (χ3v) is 4.78. The van der Waals surface area contributed by atoms with Gasteiger partial charge in [0, 0.05) is 17.9 Å². The number of cyclic esters (lactones) is 1. The molecule has 1 heterocycles. The largest absolute Gasteiger partial charge is 0.447 e. The second-order valence-corrected chi connectivity index (χ2v) is 6.64. The highest BCUT2D eigenvalue weighted by Crippen LogP contribution is 2.28. The Bertz CT molecular complexity index is 848. The van der Waals surface area contributed by atoms with Gasteiger partial charge in [-0.2, -0.15) is 0 Å². The Balaban J connectivity index is 1.66. The normalized spacial score (nSPS) is 14.6. The Morgan fingerprint density at radius 2 is 1.39 bits per heavy atom. The quantitative estimate of drug-likeness (QED) is 0.661. The summed E-state index contributed by atoms with van der Waals surface area (Å²) in [7, 11) is 0. The maximum Gasteiger partial charge on any atom is 0.424 e. The molecule has 5 heteroatoms. The van der Waals surface area contributed by atoms with E-state index in [-0.39, 0.29) is 12.1 Å². The van der Waals surface area contributed by atoms with Crippen molar-refractivity contribution in [2.45, 2.75) is 6.04 Å². The molecule has 3 aromatic carbocycles. The third-order valence-electron chi connectivity index (χ3n) is 4.78. The monoisotopic (exact) mass is 373 g/mol. The molecule has 0 radical (unpaired) electrons. The van der Waals surface area contributed by atoms with Crippen LogP contribution in [0.15, 0.2) is 91.0 Å². The maximum absolute atomic E-state index is 12.0. The van der Waals surface area contributed by atoms with Gasteiger partial charge in [-0.3, -0.25) is 0 Å². The Morgan fingerprint density at radius 1 is 0.857 bits per heavy atom. The summed E-state index contributed by atoms with van der Waals surface area (Å²) in [6.45, 7) is 1.61. The van der Waals surface area contributed by atoms with Crippen LogP contribution in [-0.4, -0.2) is 30.8 Å². The second kappa shape index (κ2) is 8.59. The highest BCUT2D eigenvalue weighted by molar-refractivity contribution is 5.69. The number of amides is 1. The molecule has 0 spiro atoms. The summed E-state index contributed by atoms with van der Waals surface area (Å²) in [4.78, 5) is 14.3. The summed E-state index contributed by atoms with van der Waals surface area (Å²) in [6, 6.07) is 30.6. The average molecular weight is 373 g/mol. The van der Waals surface area contributed by atoms with E-state index in [1.165, 1.54) is 0 Å². The predicted octanol–water partition coefficient (Wildman–Crippen LogP) is 4.52. The zero-order chi connectivity index (χ0) is 19.2. The summed E-state index contributed by atoms with van der Waals surface area (Å²) in [5.74, 6) is 0. The van der Waals surface area contributed by atoms with E-state index < -0.39 is 0 Å². The number of benzene rings is 3. The van der Waals surface area contributed by atoms with Crippen LogP contribution in [0.3, 0.4) is 0 Å². The van der Waals surface area contributed by atoms with Gasteiger partial charge in [0.05, 0.1) is 12.6 Å². The van der Waals surface area contributed by atoms with E-state index in [0.29, 0.717) is 19.7 Å². The lowest BCUT2D eigenvalue weighted by molar-refractivity contribution is 0.139. The van der Waals surface area contributed by atoms with Gasteiger partial charge < -0.3 is 9.64 Å². The highest BCUT2D eigenvalue weighted by atomic mass is 16.6. The topological polar surface area (TPSA) is 44.8 Å². The number of nitrogens with one attached hydrogen (secondary N) is 1. The molecule has 0 aliphatic carbocycles. The van der Waals surface area contributed by atoms with Crippen molar-refractivity contribution in [2.75, 3.05) is 24.6 Å². The van der Waals surface area contributed by atoms with Gasteiger partial charge in [-0.25, -0.2) is 15.2 Å². The van der Waals surface area contributed by atoms with Gasteiger partial charge in [0.2, 0.25) is 0 Å². The molecule has 1 saturated heterocycles. The van der Waals surface area contributed by atoms with E-state index in [9.17, 15) is 4.79 Å². The van der Waals surface area contributed by atoms with Crippen molar-refractivity contribution in [3.05, 3.63) is 96.6 Å². The van der Waals surface area contributed by atoms with Gasteiger partial charge in [-0.05, 0) is 29.8 Å². The minimum Gasteiger partial charge on any atom is -0.447 e. The molecule has 0 aromatic heterocycles. The highest BCUT2D eigenvalue weighted by Gasteiger charge is 2.27. The number of anilines is 2. The van der Waals surface area contributed by atoms with E-state index in [1.54, 1.807) is 5.01 Å². The standard InChI is InChI=1S/C23H23N3O2/c27-23-26(16-17-28-23)24-22(19-10-4-1-5-11-19)18-25(20-12-6-2-7-13-20)21-14-8-3-9-15-21/h1-15,22,24H,16-18H2/t22-/m0/s1. The molecule has 142 valence electrons. The fraction of sp³-hybridized carbons (Fsp3) is 0.174. The molecule has 1 aliphatic rings. The van der Waals surface area contributed by atoms with Crippen LogP contribution >= 0.6 is 0 Å². The van der Waals surface area contributed by atoms with Crippen molar-refractivity contribution in [1.82, 2.24) is 10.4 Å². The van der Waals surface area contributed by atoms with Crippen LogP contribution in [0.5, 0.6) is 0 Å². The predicted molar refractivity (Wildman–Crippen MR) is 110 cm³/mol. The fourth-order valence-electron chi connectivity index (χ4n) is 3.36. The lowest BCUT2D eigenvalue weighted by atomic mass is 10.1. The number of para-hydroxylation sites is 2. The van der Waals surface area contributed by atoms with Gasteiger partial charge in [0.1, 0.15) is 6.61 Å². The van der Waals surface area contributed by atoms with Crippen LogP contribution in [0.4, 0.5) is 16.2 Å². The Morgan fingerprint density at radius 3 is 1.89 bits per heavy atom. The number of hydrogen-bond donors (Lipinski definition) is 1. The van der Waals surface area contributed by atoms with Gasteiger partial charge in [0.25, 0.3) is 0 Å². The lowest BCUT2D eigenvalue weighted by Gasteiger charge is -2.32. The van der Waals surface area contributed by atoms with Crippen LogP contribution in [0, 0.1) is 0 Å². The van der Waals surface area contributed by atoms with E-state index >= 15 is 0 Å². The van der Waals surface area contributed by atoms with Crippen molar-refractivity contribution >= 4 is 17.5 Å². The molecular formula is C23H23N3O2. The first-order chi connectivity index (χ1) is 13.8. The molecule has 5 nitrogen and oxygen atoms in total. The Kier molecular flexibility index (Phi) is 5.54. The van der Waals surface area contributed by atoms with Crippen LogP contribution in [0.25, 0.3) is 0 Å². The van der Waals surface area contributed by atoms with E-state index in [4.69, 9.17) is 4.74 Å². The van der Waals surface area contributed by atoms with Gasteiger partial charge in [-0.1, -0.05) is 66.7 Å².